The number of ether oxygens (including phenoxy) is 1. The molecule has 1 saturated carbocycles. The Morgan fingerprint density at radius 3 is 2.80 bits per heavy atom. The molecular weight excluding hydrogens is 280 g/mol. The molecule has 0 unspecified atom stereocenters. The molecule has 1 aromatic heterocycles. The van der Waals surface area contributed by atoms with Gasteiger partial charge in [0, 0.05) is 26.2 Å². The second-order valence-corrected chi connectivity index (χ2v) is 6.73. The van der Waals surface area contributed by atoms with Crippen LogP contribution in [0, 0.1) is 0 Å². The normalized spacial score (nSPS) is 15.9. The lowest BCUT2D eigenvalue weighted by Crippen LogP contribution is -2.33. The van der Waals surface area contributed by atoms with E-state index in [1.165, 1.54) is 23.2 Å². The molecule has 0 radical (unpaired) electrons. The molecule has 0 aromatic carbocycles. The molecule has 2 rings (SSSR count). The van der Waals surface area contributed by atoms with Gasteiger partial charge in [-0.1, -0.05) is 6.92 Å². The minimum atomic E-state index is -3.57. The third kappa shape index (κ3) is 3.82. The molecule has 1 aliphatic carbocycles. The van der Waals surface area contributed by atoms with Gasteiger partial charge in [0.1, 0.15) is 5.76 Å². The van der Waals surface area contributed by atoms with Crippen LogP contribution in [0.25, 0.3) is 0 Å². The van der Waals surface area contributed by atoms with Crippen molar-refractivity contribution in [3.05, 3.63) is 17.9 Å². The zero-order valence-corrected chi connectivity index (χ0v) is 12.8. The first kappa shape index (κ1) is 15.5. The van der Waals surface area contributed by atoms with Gasteiger partial charge in [-0.05, 0) is 25.0 Å². The van der Waals surface area contributed by atoms with Crippen molar-refractivity contribution in [2.24, 2.45) is 0 Å². The topological polar surface area (TPSA) is 71.8 Å². The summed E-state index contributed by atoms with van der Waals surface area (Å²) in [6.45, 7) is 3.45. The van der Waals surface area contributed by atoms with Crippen LogP contribution in [0.3, 0.4) is 0 Å². The number of methoxy groups -OCH3 is 1. The van der Waals surface area contributed by atoms with E-state index in [1.54, 1.807) is 20.1 Å². The van der Waals surface area contributed by atoms with E-state index in [9.17, 15) is 8.42 Å². The van der Waals surface area contributed by atoms with Crippen molar-refractivity contribution in [2.45, 2.75) is 37.4 Å². The van der Waals surface area contributed by atoms with Crippen molar-refractivity contribution in [1.29, 1.82) is 0 Å². The Hall–Kier alpha value is -0.890. The van der Waals surface area contributed by atoms with Gasteiger partial charge in [0.2, 0.25) is 5.09 Å². The van der Waals surface area contributed by atoms with Gasteiger partial charge in [0.15, 0.2) is 0 Å². The fourth-order valence-corrected chi connectivity index (χ4v) is 3.25. The van der Waals surface area contributed by atoms with Gasteiger partial charge in [-0.25, -0.2) is 8.42 Å². The Kier molecular flexibility index (Phi) is 5.20. The van der Waals surface area contributed by atoms with Crippen LogP contribution in [0.15, 0.2) is 21.6 Å². The van der Waals surface area contributed by atoms with Crippen LogP contribution in [0.4, 0.5) is 0 Å². The number of hydrogen-bond donors (Lipinski definition) is 1. The van der Waals surface area contributed by atoms with Crippen molar-refractivity contribution in [3.8, 4) is 0 Å². The summed E-state index contributed by atoms with van der Waals surface area (Å²) < 4.78 is 36.5. The molecule has 0 atom stereocenters. The van der Waals surface area contributed by atoms with Crippen molar-refractivity contribution < 1.29 is 17.6 Å². The summed E-state index contributed by atoms with van der Waals surface area (Å²) in [5, 5.41) is 3.30. The minimum Gasteiger partial charge on any atom is -0.447 e. The van der Waals surface area contributed by atoms with Crippen LogP contribution >= 0.6 is 0 Å². The van der Waals surface area contributed by atoms with Crippen LogP contribution in [-0.2, 0) is 21.3 Å². The lowest BCUT2D eigenvalue weighted by Gasteiger charge is -2.18. The second kappa shape index (κ2) is 6.71. The average Bonchev–Trinajstić information content (AvgIpc) is 3.13. The molecule has 7 heteroatoms. The van der Waals surface area contributed by atoms with Crippen molar-refractivity contribution in [3.63, 3.8) is 0 Å². The summed E-state index contributed by atoms with van der Waals surface area (Å²) >= 11 is 0. The third-order valence-electron chi connectivity index (χ3n) is 3.27. The molecule has 1 aromatic rings. The fourth-order valence-electron chi connectivity index (χ4n) is 1.89. The third-order valence-corrected chi connectivity index (χ3v) is 5.12. The lowest BCUT2D eigenvalue weighted by molar-refractivity contribution is 0.179. The van der Waals surface area contributed by atoms with Crippen LogP contribution in [0.1, 0.15) is 25.5 Å². The van der Waals surface area contributed by atoms with E-state index < -0.39 is 10.0 Å². The molecule has 0 spiro atoms. The van der Waals surface area contributed by atoms with Crippen LogP contribution in [0.2, 0.25) is 0 Å². The number of nitrogens with zero attached hydrogens (tertiary/aromatic N) is 1. The lowest BCUT2D eigenvalue weighted by atomic mass is 10.4. The predicted octanol–water partition coefficient (Wildman–Crippen LogP) is 1.19. The highest BCUT2D eigenvalue weighted by Gasteiger charge is 2.27. The molecule has 0 bridgehead atoms. The summed E-state index contributed by atoms with van der Waals surface area (Å²) in [6.07, 6.45) is 2.37. The maximum Gasteiger partial charge on any atom is 0.276 e. The van der Waals surface area contributed by atoms with Crippen molar-refractivity contribution in [1.82, 2.24) is 9.62 Å². The summed E-state index contributed by atoms with van der Waals surface area (Å²) in [5.41, 5.74) is 0. The number of rotatable bonds is 9. The zero-order chi connectivity index (χ0) is 14.6. The molecule has 0 saturated heterocycles. The maximum absolute atomic E-state index is 12.4. The van der Waals surface area contributed by atoms with E-state index >= 15 is 0 Å². The predicted molar refractivity (Wildman–Crippen MR) is 74.9 cm³/mol. The van der Waals surface area contributed by atoms with E-state index in [2.05, 4.69) is 5.32 Å². The first-order chi connectivity index (χ1) is 9.57. The Morgan fingerprint density at radius 2 is 2.20 bits per heavy atom. The first-order valence-corrected chi connectivity index (χ1v) is 8.33. The van der Waals surface area contributed by atoms with Crippen LogP contribution in [0.5, 0.6) is 0 Å². The quantitative estimate of drug-likeness (QED) is 0.742. The Balaban J connectivity index is 2.03. The molecule has 1 fully saturated rings. The zero-order valence-electron chi connectivity index (χ0n) is 12.0. The molecule has 20 heavy (non-hydrogen) atoms. The monoisotopic (exact) mass is 302 g/mol. The highest BCUT2D eigenvalue weighted by Crippen LogP contribution is 2.21. The first-order valence-electron chi connectivity index (χ1n) is 6.89. The van der Waals surface area contributed by atoms with E-state index in [0.717, 1.165) is 0 Å². The minimum absolute atomic E-state index is 0.00282. The van der Waals surface area contributed by atoms with Gasteiger partial charge in [-0.3, -0.25) is 0 Å². The Bertz CT molecular complexity index is 522. The highest BCUT2D eigenvalue weighted by molar-refractivity contribution is 7.89. The number of sulfonamides is 1. The number of hydrogen-bond acceptors (Lipinski definition) is 5. The number of likely N-dealkylation sites (N-methyl/N-ethyl adjacent to an activating group) is 1. The molecule has 1 heterocycles. The summed E-state index contributed by atoms with van der Waals surface area (Å²) in [7, 11) is -2.02. The van der Waals surface area contributed by atoms with E-state index in [4.69, 9.17) is 9.15 Å². The number of nitrogens with one attached hydrogen (secondary N) is 1. The van der Waals surface area contributed by atoms with E-state index in [1.807, 2.05) is 0 Å². The van der Waals surface area contributed by atoms with Gasteiger partial charge in [0.05, 0.1) is 13.2 Å². The molecule has 6 nitrogen and oxygen atoms in total. The molecular formula is C13H22N2O4S. The van der Waals surface area contributed by atoms with Crippen molar-refractivity contribution >= 4 is 10.0 Å². The summed E-state index contributed by atoms with van der Waals surface area (Å²) in [4.78, 5) is 0. The molecule has 1 N–H and O–H groups in total. The summed E-state index contributed by atoms with van der Waals surface area (Å²) in [5.74, 6) is 0.651. The Morgan fingerprint density at radius 1 is 1.45 bits per heavy atom. The van der Waals surface area contributed by atoms with E-state index in [0.29, 0.717) is 38.0 Å². The average molecular weight is 302 g/mol. The summed E-state index contributed by atoms with van der Waals surface area (Å²) in [6, 6.07) is 3.80. The van der Waals surface area contributed by atoms with Gasteiger partial charge >= 0.3 is 0 Å². The molecule has 0 amide bonds. The fraction of sp³-hybridized carbons (Fsp3) is 0.692. The van der Waals surface area contributed by atoms with Crippen molar-refractivity contribution in [2.75, 3.05) is 26.8 Å². The maximum atomic E-state index is 12.4. The highest BCUT2D eigenvalue weighted by atomic mass is 32.2. The standard InChI is InChI=1S/C13H22N2O4S/c1-3-15(8-9-18-2)20(16,17)13-7-6-12(19-13)10-14-11-4-5-11/h6-7,11,14H,3-5,8-10H2,1-2H3. The smallest absolute Gasteiger partial charge is 0.276 e. The molecule has 1 aliphatic rings. The van der Waals surface area contributed by atoms with E-state index in [-0.39, 0.29) is 5.09 Å². The van der Waals surface area contributed by atoms with Gasteiger partial charge in [0.25, 0.3) is 10.0 Å². The van der Waals surface area contributed by atoms with Gasteiger partial charge < -0.3 is 14.5 Å². The molecule has 0 aliphatic heterocycles. The van der Waals surface area contributed by atoms with Crippen LogP contribution in [-0.4, -0.2) is 45.6 Å². The SMILES string of the molecule is CCN(CCOC)S(=O)(=O)c1ccc(CNC2CC2)o1. The largest absolute Gasteiger partial charge is 0.447 e. The second-order valence-electron chi connectivity index (χ2n) is 4.87. The molecule has 114 valence electrons. The van der Waals surface area contributed by atoms with Gasteiger partial charge in [-0.2, -0.15) is 4.31 Å². The van der Waals surface area contributed by atoms with Crippen LogP contribution < -0.4 is 5.32 Å². The number of furan rings is 1. The van der Waals surface area contributed by atoms with Gasteiger partial charge in [-0.15, -0.1) is 0 Å². The Labute approximate surface area is 120 Å².